The van der Waals surface area contributed by atoms with Gasteiger partial charge in [-0.05, 0) is 34.7 Å². The molecule has 0 fully saturated rings. The summed E-state index contributed by atoms with van der Waals surface area (Å²) in [6.07, 6.45) is 0. The Balaban J connectivity index is 2.03. The number of halogens is 2. The summed E-state index contributed by atoms with van der Waals surface area (Å²) in [4.78, 5) is 0. The Morgan fingerprint density at radius 3 is 2.71 bits per heavy atom. The third kappa shape index (κ3) is 2.57. The first kappa shape index (κ1) is 13.5. The van der Waals surface area contributed by atoms with Crippen molar-refractivity contribution in [1.82, 2.24) is 20.2 Å². The highest BCUT2D eigenvalue weighted by atomic mass is 35.5. The molecule has 7 heteroatoms. The molecule has 0 saturated heterocycles. The number of tetrazole rings is 1. The zero-order valence-corrected chi connectivity index (χ0v) is 11.6. The fourth-order valence-electron chi connectivity index (χ4n) is 2.04. The van der Waals surface area contributed by atoms with Gasteiger partial charge >= 0.3 is 0 Å². The third-order valence-electron chi connectivity index (χ3n) is 3.10. The number of para-hydroxylation sites is 1. The Kier molecular flexibility index (Phi) is 3.53. The van der Waals surface area contributed by atoms with E-state index in [0.29, 0.717) is 27.7 Å². The largest absolute Gasteiger partial charge is 0.398 e. The molecule has 0 bridgehead atoms. The van der Waals surface area contributed by atoms with Gasteiger partial charge in [0.1, 0.15) is 5.82 Å². The van der Waals surface area contributed by atoms with E-state index in [9.17, 15) is 4.39 Å². The molecule has 0 aliphatic heterocycles. The fraction of sp³-hybridized carbons (Fsp3) is 0.0714. The molecule has 0 aliphatic carbocycles. The monoisotopic (exact) mass is 303 g/mol. The topological polar surface area (TPSA) is 69.6 Å². The van der Waals surface area contributed by atoms with E-state index in [1.165, 1.54) is 10.7 Å². The first-order chi connectivity index (χ1) is 10.2. The van der Waals surface area contributed by atoms with Crippen LogP contribution in [-0.4, -0.2) is 20.2 Å². The maximum Gasteiger partial charge on any atom is 0.184 e. The standard InChI is InChI=1S/C14H11ClFN5/c15-11-5-3-6-12(16)10(11)8-21-14(18-19-20-21)9-4-1-2-7-13(9)17/h1-7H,8,17H2. The van der Waals surface area contributed by atoms with Crippen LogP contribution in [0.4, 0.5) is 10.1 Å². The van der Waals surface area contributed by atoms with E-state index in [-0.39, 0.29) is 6.54 Å². The maximum absolute atomic E-state index is 13.9. The number of benzene rings is 2. The molecule has 2 aromatic carbocycles. The lowest BCUT2D eigenvalue weighted by Crippen LogP contribution is -2.07. The molecule has 3 aromatic rings. The van der Waals surface area contributed by atoms with Crippen LogP contribution in [0.3, 0.4) is 0 Å². The summed E-state index contributed by atoms with van der Waals surface area (Å²) in [5.41, 5.74) is 7.50. The second-order valence-corrected chi connectivity index (χ2v) is 4.85. The quantitative estimate of drug-likeness (QED) is 0.755. The van der Waals surface area contributed by atoms with Crippen molar-refractivity contribution in [2.75, 3.05) is 5.73 Å². The second-order valence-electron chi connectivity index (χ2n) is 4.45. The average molecular weight is 304 g/mol. The van der Waals surface area contributed by atoms with E-state index in [2.05, 4.69) is 15.5 Å². The van der Waals surface area contributed by atoms with Crippen molar-refractivity contribution in [3.8, 4) is 11.4 Å². The Hall–Kier alpha value is -2.47. The zero-order valence-electron chi connectivity index (χ0n) is 10.9. The van der Waals surface area contributed by atoms with Crippen LogP contribution in [0.25, 0.3) is 11.4 Å². The molecule has 5 nitrogen and oxygen atoms in total. The average Bonchev–Trinajstić information content (AvgIpc) is 2.92. The molecule has 0 spiro atoms. The molecular weight excluding hydrogens is 293 g/mol. The summed E-state index contributed by atoms with van der Waals surface area (Å²) in [6.45, 7) is 0.127. The number of nitrogens with zero attached hydrogens (tertiary/aromatic N) is 4. The second kappa shape index (κ2) is 5.49. The van der Waals surface area contributed by atoms with Gasteiger partial charge in [-0.25, -0.2) is 9.07 Å². The predicted octanol–water partition coefficient (Wildman–Crippen LogP) is 2.76. The number of rotatable bonds is 3. The van der Waals surface area contributed by atoms with Crippen LogP contribution in [-0.2, 0) is 6.54 Å². The van der Waals surface area contributed by atoms with Crippen LogP contribution < -0.4 is 5.73 Å². The van der Waals surface area contributed by atoms with Crippen molar-refractivity contribution in [2.45, 2.75) is 6.54 Å². The van der Waals surface area contributed by atoms with Gasteiger partial charge in [0.05, 0.1) is 6.54 Å². The van der Waals surface area contributed by atoms with Gasteiger partial charge in [0.15, 0.2) is 5.82 Å². The number of hydrogen-bond donors (Lipinski definition) is 1. The van der Waals surface area contributed by atoms with Gasteiger partial charge in [-0.15, -0.1) is 5.10 Å². The van der Waals surface area contributed by atoms with Gasteiger partial charge in [-0.1, -0.05) is 29.8 Å². The summed E-state index contributed by atoms with van der Waals surface area (Å²) < 4.78 is 15.3. The number of nitrogens with two attached hydrogens (primary N) is 1. The van der Waals surface area contributed by atoms with E-state index in [1.807, 2.05) is 12.1 Å². The van der Waals surface area contributed by atoms with Gasteiger partial charge in [-0.3, -0.25) is 0 Å². The summed E-state index contributed by atoms with van der Waals surface area (Å²) in [7, 11) is 0. The Labute approximate surface area is 125 Å². The minimum Gasteiger partial charge on any atom is -0.398 e. The highest BCUT2D eigenvalue weighted by molar-refractivity contribution is 6.31. The molecule has 0 aliphatic rings. The van der Waals surface area contributed by atoms with Crippen molar-refractivity contribution in [2.24, 2.45) is 0 Å². The molecule has 0 saturated carbocycles. The summed E-state index contributed by atoms with van der Waals surface area (Å²) >= 11 is 6.03. The van der Waals surface area contributed by atoms with Gasteiger partial charge in [0.2, 0.25) is 0 Å². The van der Waals surface area contributed by atoms with Crippen LogP contribution in [0.1, 0.15) is 5.56 Å². The molecule has 21 heavy (non-hydrogen) atoms. The first-order valence-corrected chi connectivity index (χ1v) is 6.58. The number of nitrogen functional groups attached to an aromatic ring is 1. The molecule has 0 atom stereocenters. The lowest BCUT2D eigenvalue weighted by Gasteiger charge is -2.09. The summed E-state index contributed by atoms with van der Waals surface area (Å²) in [5.74, 6) is 0.0670. The van der Waals surface area contributed by atoms with Gasteiger partial charge in [-0.2, -0.15) is 0 Å². The fourth-order valence-corrected chi connectivity index (χ4v) is 2.26. The molecule has 106 valence electrons. The summed E-state index contributed by atoms with van der Waals surface area (Å²) in [5, 5.41) is 11.8. The molecule has 3 rings (SSSR count). The molecule has 0 radical (unpaired) electrons. The molecule has 0 amide bonds. The molecule has 2 N–H and O–H groups in total. The minimum atomic E-state index is -0.398. The lowest BCUT2D eigenvalue weighted by molar-refractivity contribution is 0.579. The van der Waals surface area contributed by atoms with Crippen LogP contribution in [0, 0.1) is 5.82 Å². The minimum absolute atomic E-state index is 0.127. The highest BCUT2D eigenvalue weighted by Gasteiger charge is 2.15. The van der Waals surface area contributed by atoms with Crippen LogP contribution in [0.5, 0.6) is 0 Å². The summed E-state index contributed by atoms with van der Waals surface area (Å²) in [6, 6.07) is 11.7. The van der Waals surface area contributed by atoms with E-state index in [0.717, 1.165) is 0 Å². The molecular formula is C14H11ClFN5. The molecule has 0 unspecified atom stereocenters. The normalized spacial score (nSPS) is 10.8. The first-order valence-electron chi connectivity index (χ1n) is 6.21. The highest BCUT2D eigenvalue weighted by Crippen LogP contribution is 2.25. The SMILES string of the molecule is Nc1ccccc1-c1nnnn1Cc1c(F)cccc1Cl. The number of hydrogen-bond acceptors (Lipinski definition) is 4. The van der Waals surface area contributed by atoms with Crippen molar-refractivity contribution >= 4 is 17.3 Å². The Morgan fingerprint density at radius 1 is 1.14 bits per heavy atom. The predicted molar refractivity (Wildman–Crippen MR) is 78.2 cm³/mol. The van der Waals surface area contributed by atoms with Crippen LogP contribution >= 0.6 is 11.6 Å². The Bertz CT molecular complexity index is 766. The van der Waals surface area contributed by atoms with Gasteiger partial charge < -0.3 is 5.73 Å². The van der Waals surface area contributed by atoms with Crippen molar-refractivity contribution < 1.29 is 4.39 Å². The van der Waals surface area contributed by atoms with E-state index in [4.69, 9.17) is 17.3 Å². The number of anilines is 1. The van der Waals surface area contributed by atoms with E-state index < -0.39 is 5.82 Å². The van der Waals surface area contributed by atoms with Crippen molar-refractivity contribution in [3.05, 3.63) is 58.9 Å². The lowest BCUT2D eigenvalue weighted by atomic mass is 10.1. The smallest absolute Gasteiger partial charge is 0.184 e. The van der Waals surface area contributed by atoms with Crippen molar-refractivity contribution in [3.63, 3.8) is 0 Å². The van der Waals surface area contributed by atoms with E-state index >= 15 is 0 Å². The Morgan fingerprint density at radius 2 is 1.95 bits per heavy atom. The van der Waals surface area contributed by atoms with E-state index in [1.54, 1.807) is 24.3 Å². The van der Waals surface area contributed by atoms with Crippen LogP contribution in [0.2, 0.25) is 5.02 Å². The van der Waals surface area contributed by atoms with Crippen molar-refractivity contribution in [1.29, 1.82) is 0 Å². The molecule has 1 aromatic heterocycles. The maximum atomic E-state index is 13.9. The number of aromatic nitrogens is 4. The van der Waals surface area contributed by atoms with Gasteiger partial charge in [0, 0.05) is 21.8 Å². The zero-order chi connectivity index (χ0) is 14.8. The van der Waals surface area contributed by atoms with Gasteiger partial charge in [0.25, 0.3) is 0 Å². The third-order valence-corrected chi connectivity index (χ3v) is 3.46. The molecule has 1 heterocycles. The van der Waals surface area contributed by atoms with Crippen LogP contribution in [0.15, 0.2) is 42.5 Å².